The molecule has 3 aromatic rings. The number of rotatable bonds is 3. The minimum absolute atomic E-state index is 0.126. The average molecular weight is 479 g/mol. The van der Waals surface area contributed by atoms with Crippen LogP contribution in [0.5, 0.6) is 0 Å². The third-order valence-electron chi connectivity index (χ3n) is 6.64. The Hall–Kier alpha value is -3.75. The highest BCUT2D eigenvalue weighted by Gasteiger charge is 2.31. The summed E-state index contributed by atoms with van der Waals surface area (Å²) >= 11 is 0. The van der Waals surface area contributed by atoms with Gasteiger partial charge < -0.3 is 9.80 Å². The van der Waals surface area contributed by atoms with Crippen LogP contribution in [-0.4, -0.2) is 54.9 Å². The molecule has 2 aromatic heterocycles. The van der Waals surface area contributed by atoms with Gasteiger partial charge in [-0.05, 0) is 56.2 Å². The van der Waals surface area contributed by atoms with Crippen molar-refractivity contribution in [3.8, 4) is 11.3 Å². The minimum atomic E-state index is -0.802. The molecule has 0 unspecified atom stereocenters. The second-order valence-corrected chi connectivity index (χ2v) is 9.14. The molecule has 182 valence electrons. The number of halogens is 2. The molecule has 4 heterocycles. The summed E-state index contributed by atoms with van der Waals surface area (Å²) in [6, 6.07) is 14.0. The van der Waals surface area contributed by atoms with E-state index >= 15 is 0 Å². The lowest BCUT2D eigenvalue weighted by Crippen LogP contribution is -2.42. The predicted octanol–water partition coefficient (Wildman–Crippen LogP) is 5.10. The molecule has 7 nitrogen and oxygen atoms in total. The van der Waals surface area contributed by atoms with Gasteiger partial charge in [0, 0.05) is 44.0 Å². The van der Waals surface area contributed by atoms with Crippen LogP contribution >= 0.6 is 0 Å². The van der Waals surface area contributed by atoms with Gasteiger partial charge in [0.25, 0.3) is 0 Å². The fourth-order valence-corrected chi connectivity index (χ4v) is 4.65. The molecule has 0 bridgehead atoms. The Labute approximate surface area is 203 Å². The average Bonchev–Trinajstić information content (AvgIpc) is 3.25. The molecule has 0 aliphatic carbocycles. The fourth-order valence-electron chi connectivity index (χ4n) is 4.65. The first-order valence-electron chi connectivity index (χ1n) is 11.8. The van der Waals surface area contributed by atoms with Crippen molar-refractivity contribution in [2.45, 2.75) is 32.0 Å². The third-order valence-corrected chi connectivity index (χ3v) is 6.64. The number of nitrogens with one attached hydrogen (secondary N) is 1. The van der Waals surface area contributed by atoms with Gasteiger partial charge in [0.05, 0.1) is 17.6 Å². The number of hydrogen-bond acceptors (Lipinski definition) is 5. The van der Waals surface area contributed by atoms with Crippen LogP contribution in [0.4, 0.5) is 36.6 Å². The van der Waals surface area contributed by atoms with Gasteiger partial charge in [0.15, 0.2) is 5.82 Å². The van der Waals surface area contributed by atoms with E-state index in [9.17, 15) is 13.6 Å². The number of amides is 2. The predicted molar refractivity (Wildman–Crippen MR) is 134 cm³/mol. The van der Waals surface area contributed by atoms with Crippen molar-refractivity contribution in [2.24, 2.45) is 0 Å². The van der Waals surface area contributed by atoms with Crippen molar-refractivity contribution >= 4 is 29.0 Å². The summed E-state index contributed by atoms with van der Waals surface area (Å²) in [6.45, 7) is 3.84. The van der Waals surface area contributed by atoms with Crippen LogP contribution in [0.25, 0.3) is 11.3 Å². The number of anilines is 4. The summed E-state index contributed by atoms with van der Waals surface area (Å²) in [5.74, 6) is 0.344. The highest BCUT2D eigenvalue weighted by molar-refractivity contribution is 6.03. The molecule has 1 fully saturated rings. The molecule has 0 saturated carbocycles. The van der Waals surface area contributed by atoms with Gasteiger partial charge in [-0.2, -0.15) is 0 Å². The normalized spacial score (nSPS) is 19.9. The molecule has 2 amide bonds. The smallest absolute Gasteiger partial charge is 0.328 e. The Bertz CT molecular complexity index is 1220. The number of carbonyl (C=O) groups is 1. The van der Waals surface area contributed by atoms with Gasteiger partial charge in [-0.15, -0.1) is 0 Å². The summed E-state index contributed by atoms with van der Waals surface area (Å²) in [4.78, 5) is 28.0. The molecule has 1 N–H and O–H groups in total. The summed E-state index contributed by atoms with van der Waals surface area (Å²) in [5.41, 5.74) is 3.42. The topological polar surface area (TPSA) is 64.6 Å². The first kappa shape index (κ1) is 23.0. The third kappa shape index (κ3) is 4.76. The highest BCUT2D eigenvalue weighted by Crippen LogP contribution is 2.36. The van der Waals surface area contributed by atoms with Gasteiger partial charge in [0.2, 0.25) is 0 Å². The standard InChI is InChI=1S/C26H28F2N6O/c1-17-10-12-32(2)23-8-7-22(18-4-3-5-21(14-18)33-13-11-20(28)16-33)30-25(23)34(17)26(35)31-24-9-6-19(27)15-29-24/h3-9,14-15,17,20H,10-13,16H2,1-2H3,(H,29,31,35)/t17-,20+/m1/s1. The number of pyridine rings is 2. The van der Waals surface area contributed by atoms with Gasteiger partial charge in [-0.3, -0.25) is 10.2 Å². The molecule has 0 radical (unpaired) electrons. The molecule has 2 atom stereocenters. The Balaban J connectivity index is 1.50. The van der Waals surface area contributed by atoms with Crippen molar-refractivity contribution in [3.63, 3.8) is 0 Å². The molecule has 9 heteroatoms. The maximum Gasteiger partial charge on any atom is 0.328 e. The zero-order valence-corrected chi connectivity index (χ0v) is 19.8. The SMILES string of the molecule is C[C@@H]1CCN(C)c2ccc(-c3cccc(N4CC[C@H](F)C4)c3)nc2N1C(=O)Nc1ccc(F)cn1. The van der Waals surface area contributed by atoms with Crippen LogP contribution in [-0.2, 0) is 0 Å². The molecular formula is C26H28F2N6O. The number of urea groups is 1. The maximum atomic E-state index is 13.8. The molecular weight excluding hydrogens is 450 g/mol. The number of fused-ring (bicyclic) bond motifs is 1. The number of carbonyl (C=O) groups excluding carboxylic acids is 1. The summed E-state index contributed by atoms with van der Waals surface area (Å²) in [5, 5.41) is 2.77. The molecule has 2 aliphatic heterocycles. The summed E-state index contributed by atoms with van der Waals surface area (Å²) in [6.07, 6.45) is 1.56. The molecule has 1 saturated heterocycles. The lowest BCUT2D eigenvalue weighted by Gasteiger charge is -2.28. The van der Waals surface area contributed by atoms with E-state index in [-0.39, 0.29) is 17.9 Å². The molecule has 2 aliphatic rings. The van der Waals surface area contributed by atoms with Crippen LogP contribution in [0.2, 0.25) is 0 Å². The minimum Gasteiger partial charge on any atom is -0.372 e. The number of benzene rings is 1. The van der Waals surface area contributed by atoms with E-state index in [1.807, 2.05) is 55.3 Å². The van der Waals surface area contributed by atoms with E-state index in [4.69, 9.17) is 4.98 Å². The number of nitrogens with zero attached hydrogens (tertiary/aromatic N) is 5. The molecule has 1 aromatic carbocycles. The van der Waals surface area contributed by atoms with Gasteiger partial charge >= 0.3 is 6.03 Å². The van der Waals surface area contributed by atoms with Crippen LogP contribution in [0.15, 0.2) is 54.7 Å². The number of alkyl halides is 1. The maximum absolute atomic E-state index is 13.8. The van der Waals surface area contributed by atoms with Crippen molar-refractivity contribution in [3.05, 3.63) is 60.5 Å². The Morgan fingerprint density at radius 2 is 1.97 bits per heavy atom. The molecule has 5 rings (SSSR count). The lowest BCUT2D eigenvalue weighted by atomic mass is 10.1. The van der Waals surface area contributed by atoms with E-state index in [1.165, 1.54) is 12.1 Å². The van der Waals surface area contributed by atoms with Crippen LogP contribution in [0, 0.1) is 5.82 Å². The van der Waals surface area contributed by atoms with Gasteiger partial charge in [-0.25, -0.2) is 23.5 Å². The van der Waals surface area contributed by atoms with E-state index in [0.29, 0.717) is 25.3 Å². The van der Waals surface area contributed by atoms with E-state index < -0.39 is 12.0 Å². The van der Waals surface area contributed by atoms with Crippen molar-refractivity contribution in [1.29, 1.82) is 0 Å². The second kappa shape index (κ2) is 9.48. The molecule has 0 spiro atoms. The van der Waals surface area contributed by atoms with Crippen LogP contribution in [0.3, 0.4) is 0 Å². The zero-order valence-electron chi connectivity index (χ0n) is 19.8. The van der Waals surface area contributed by atoms with Crippen molar-refractivity contribution in [1.82, 2.24) is 9.97 Å². The fraction of sp³-hybridized carbons (Fsp3) is 0.346. The second-order valence-electron chi connectivity index (χ2n) is 9.14. The first-order valence-corrected chi connectivity index (χ1v) is 11.8. The number of hydrogen-bond donors (Lipinski definition) is 1. The number of aromatic nitrogens is 2. The van der Waals surface area contributed by atoms with Crippen molar-refractivity contribution < 1.29 is 13.6 Å². The lowest BCUT2D eigenvalue weighted by molar-refractivity contribution is 0.255. The van der Waals surface area contributed by atoms with Crippen molar-refractivity contribution in [2.75, 3.05) is 46.7 Å². The first-order chi connectivity index (χ1) is 16.9. The Kier molecular flexibility index (Phi) is 6.23. The quantitative estimate of drug-likeness (QED) is 0.568. The Morgan fingerprint density at radius 1 is 1.11 bits per heavy atom. The van der Waals surface area contributed by atoms with Crippen LogP contribution in [0.1, 0.15) is 19.8 Å². The zero-order chi connectivity index (χ0) is 24.5. The largest absolute Gasteiger partial charge is 0.372 e. The summed E-state index contributed by atoms with van der Waals surface area (Å²) in [7, 11) is 1.98. The van der Waals surface area contributed by atoms with Gasteiger partial charge in [0.1, 0.15) is 17.8 Å². The molecule has 35 heavy (non-hydrogen) atoms. The monoisotopic (exact) mass is 478 g/mol. The Morgan fingerprint density at radius 3 is 2.71 bits per heavy atom. The van der Waals surface area contributed by atoms with E-state index in [1.54, 1.807) is 4.90 Å². The van der Waals surface area contributed by atoms with Crippen LogP contribution < -0.4 is 20.0 Å². The van der Waals surface area contributed by atoms with E-state index in [2.05, 4.69) is 15.2 Å². The summed E-state index contributed by atoms with van der Waals surface area (Å²) < 4.78 is 27.0. The van der Waals surface area contributed by atoms with Gasteiger partial charge in [-0.1, -0.05) is 12.1 Å². The van der Waals surface area contributed by atoms with E-state index in [0.717, 1.165) is 41.8 Å². The highest BCUT2D eigenvalue weighted by atomic mass is 19.1.